The zero-order valence-corrected chi connectivity index (χ0v) is 12.2. The Morgan fingerprint density at radius 1 is 1.05 bits per heavy atom. The van der Waals surface area contributed by atoms with E-state index in [1.165, 1.54) is 0 Å². The molecule has 1 atom stereocenters. The van der Waals surface area contributed by atoms with Gasteiger partial charge in [-0.25, -0.2) is 0 Å². The number of furan rings is 1. The van der Waals surface area contributed by atoms with Crippen molar-refractivity contribution in [2.45, 2.75) is 19.4 Å². The fraction of sp³-hybridized carbons (Fsp3) is 0.222. The van der Waals surface area contributed by atoms with Crippen LogP contribution < -0.4 is 4.74 Å². The van der Waals surface area contributed by atoms with Crippen molar-refractivity contribution in [2.24, 2.45) is 0 Å². The van der Waals surface area contributed by atoms with E-state index in [9.17, 15) is 5.11 Å². The number of benzene rings is 2. The molecule has 0 aliphatic carbocycles. The van der Waals surface area contributed by atoms with Crippen LogP contribution in [0.5, 0.6) is 5.75 Å². The summed E-state index contributed by atoms with van der Waals surface area (Å²) in [5, 5.41) is 12.6. The van der Waals surface area contributed by atoms with Gasteiger partial charge in [0, 0.05) is 11.8 Å². The lowest BCUT2D eigenvalue weighted by atomic mass is 9.98. The highest BCUT2D eigenvalue weighted by molar-refractivity contribution is 5.91. The third-order valence-electron chi connectivity index (χ3n) is 3.73. The Kier molecular flexibility index (Phi) is 3.67. The molecule has 3 heteroatoms. The van der Waals surface area contributed by atoms with Gasteiger partial charge in [0.05, 0.1) is 7.11 Å². The molecular weight excluding hydrogens is 264 g/mol. The standard InChI is InChI=1S/C18H18O3/c1-3-12-8-10-17(21-12)18(19)15-9-11-16(20-2)14-7-5-4-6-13(14)15/h4-11,18-19H,3H2,1-2H3. The molecule has 0 spiro atoms. The maximum absolute atomic E-state index is 10.6. The predicted molar refractivity (Wildman–Crippen MR) is 82.6 cm³/mol. The van der Waals surface area contributed by atoms with Crippen molar-refractivity contribution in [1.29, 1.82) is 0 Å². The lowest BCUT2D eigenvalue weighted by Gasteiger charge is -2.14. The molecular formula is C18H18O3. The maximum Gasteiger partial charge on any atom is 0.137 e. The normalized spacial score (nSPS) is 12.5. The van der Waals surface area contributed by atoms with Gasteiger partial charge in [-0.2, -0.15) is 0 Å². The highest BCUT2D eigenvalue weighted by Crippen LogP contribution is 2.34. The zero-order valence-electron chi connectivity index (χ0n) is 12.2. The van der Waals surface area contributed by atoms with Gasteiger partial charge >= 0.3 is 0 Å². The van der Waals surface area contributed by atoms with Crippen LogP contribution in [-0.4, -0.2) is 12.2 Å². The molecule has 0 fully saturated rings. The number of hydrogen-bond donors (Lipinski definition) is 1. The molecule has 1 unspecified atom stereocenters. The first-order valence-electron chi connectivity index (χ1n) is 7.07. The summed E-state index contributed by atoms with van der Waals surface area (Å²) in [4.78, 5) is 0. The van der Waals surface area contributed by atoms with Crippen LogP contribution in [0.25, 0.3) is 10.8 Å². The summed E-state index contributed by atoms with van der Waals surface area (Å²) < 4.78 is 11.1. The van der Waals surface area contributed by atoms with Crippen molar-refractivity contribution in [3.63, 3.8) is 0 Å². The van der Waals surface area contributed by atoms with E-state index in [0.29, 0.717) is 5.76 Å². The summed E-state index contributed by atoms with van der Waals surface area (Å²) in [5.74, 6) is 2.25. The summed E-state index contributed by atoms with van der Waals surface area (Å²) >= 11 is 0. The monoisotopic (exact) mass is 282 g/mol. The van der Waals surface area contributed by atoms with E-state index >= 15 is 0 Å². The number of hydrogen-bond acceptors (Lipinski definition) is 3. The molecule has 0 amide bonds. The first-order valence-corrected chi connectivity index (χ1v) is 7.07. The van der Waals surface area contributed by atoms with Gasteiger partial charge in [-0.15, -0.1) is 0 Å². The van der Waals surface area contributed by atoms with E-state index in [1.54, 1.807) is 7.11 Å². The van der Waals surface area contributed by atoms with Crippen molar-refractivity contribution < 1.29 is 14.3 Å². The molecule has 3 nitrogen and oxygen atoms in total. The molecule has 21 heavy (non-hydrogen) atoms. The minimum atomic E-state index is -0.777. The van der Waals surface area contributed by atoms with E-state index < -0.39 is 6.10 Å². The van der Waals surface area contributed by atoms with E-state index in [2.05, 4.69) is 0 Å². The fourth-order valence-corrected chi connectivity index (χ4v) is 2.60. The van der Waals surface area contributed by atoms with Gasteiger partial charge in [0.25, 0.3) is 0 Å². The van der Waals surface area contributed by atoms with Gasteiger partial charge in [-0.05, 0) is 29.1 Å². The quantitative estimate of drug-likeness (QED) is 0.784. The molecule has 2 aromatic carbocycles. The lowest BCUT2D eigenvalue weighted by molar-refractivity contribution is 0.188. The predicted octanol–water partition coefficient (Wildman–Crippen LogP) is 4.09. The van der Waals surface area contributed by atoms with Crippen LogP contribution in [0, 0.1) is 0 Å². The molecule has 0 saturated heterocycles. The third kappa shape index (κ3) is 2.41. The fourth-order valence-electron chi connectivity index (χ4n) is 2.60. The van der Waals surface area contributed by atoms with E-state index in [4.69, 9.17) is 9.15 Å². The Bertz CT molecular complexity index is 758. The number of ether oxygens (including phenoxy) is 1. The average Bonchev–Trinajstić information content (AvgIpc) is 3.02. The summed E-state index contributed by atoms with van der Waals surface area (Å²) in [5.41, 5.74) is 0.823. The van der Waals surface area contributed by atoms with Crippen LogP contribution in [0.2, 0.25) is 0 Å². The van der Waals surface area contributed by atoms with Crippen molar-refractivity contribution in [1.82, 2.24) is 0 Å². The summed E-state index contributed by atoms with van der Waals surface area (Å²) in [6.07, 6.45) is 0.0388. The van der Waals surface area contributed by atoms with Crippen LogP contribution in [0.1, 0.15) is 30.1 Å². The van der Waals surface area contributed by atoms with Crippen molar-refractivity contribution in [2.75, 3.05) is 7.11 Å². The van der Waals surface area contributed by atoms with E-state index in [1.807, 2.05) is 55.5 Å². The van der Waals surface area contributed by atoms with Gasteiger partial charge in [-0.1, -0.05) is 37.3 Å². The molecule has 0 saturated carbocycles. The van der Waals surface area contributed by atoms with Crippen LogP contribution in [0.15, 0.2) is 52.9 Å². The highest BCUT2D eigenvalue weighted by Gasteiger charge is 2.18. The lowest BCUT2D eigenvalue weighted by Crippen LogP contribution is -2.00. The van der Waals surface area contributed by atoms with Crippen LogP contribution in [0.4, 0.5) is 0 Å². The molecule has 0 aliphatic heterocycles. The van der Waals surface area contributed by atoms with Gasteiger partial charge < -0.3 is 14.3 Å². The summed E-state index contributed by atoms with van der Waals surface area (Å²) in [7, 11) is 1.65. The van der Waals surface area contributed by atoms with Gasteiger partial charge in [0.1, 0.15) is 23.4 Å². The maximum atomic E-state index is 10.6. The third-order valence-corrected chi connectivity index (χ3v) is 3.73. The molecule has 1 heterocycles. The first-order chi connectivity index (χ1) is 10.2. The smallest absolute Gasteiger partial charge is 0.137 e. The second kappa shape index (κ2) is 5.62. The SMILES string of the molecule is CCc1ccc(C(O)c2ccc(OC)c3ccccc23)o1. The number of methoxy groups -OCH3 is 1. The average molecular weight is 282 g/mol. The number of fused-ring (bicyclic) bond motifs is 1. The summed E-state index contributed by atoms with van der Waals surface area (Å²) in [6.45, 7) is 2.03. The topological polar surface area (TPSA) is 42.6 Å². The summed E-state index contributed by atoms with van der Waals surface area (Å²) in [6, 6.07) is 15.4. The molecule has 1 N–H and O–H groups in total. The molecule has 1 aromatic heterocycles. The minimum Gasteiger partial charge on any atom is -0.496 e. The Morgan fingerprint density at radius 2 is 1.81 bits per heavy atom. The van der Waals surface area contributed by atoms with Crippen LogP contribution in [-0.2, 0) is 6.42 Å². The number of aliphatic hydroxyl groups is 1. The first kappa shape index (κ1) is 13.7. The molecule has 3 rings (SSSR count). The van der Waals surface area contributed by atoms with Crippen LogP contribution in [0.3, 0.4) is 0 Å². The minimum absolute atomic E-state index is 0.571. The molecule has 0 radical (unpaired) electrons. The number of rotatable bonds is 4. The molecule has 0 bridgehead atoms. The Morgan fingerprint density at radius 3 is 2.48 bits per heavy atom. The highest BCUT2D eigenvalue weighted by atomic mass is 16.5. The Labute approximate surface area is 123 Å². The van der Waals surface area contributed by atoms with Gasteiger partial charge in [0.2, 0.25) is 0 Å². The second-order valence-corrected chi connectivity index (χ2v) is 4.96. The zero-order chi connectivity index (χ0) is 14.8. The molecule has 3 aromatic rings. The van der Waals surface area contributed by atoms with Gasteiger partial charge in [0.15, 0.2) is 0 Å². The molecule has 108 valence electrons. The Balaban J connectivity index is 2.11. The molecule has 0 aliphatic rings. The van der Waals surface area contributed by atoms with Crippen molar-refractivity contribution in [3.05, 3.63) is 65.6 Å². The van der Waals surface area contributed by atoms with E-state index in [-0.39, 0.29) is 0 Å². The van der Waals surface area contributed by atoms with Crippen molar-refractivity contribution in [3.8, 4) is 5.75 Å². The van der Waals surface area contributed by atoms with Crippen LogP contribution >= 0.6 is 0 Å². The number of aliphatic hydroxyl groups excluding tert-OH is 1. The van der Waals surface area contributed by atoms with E-state index in [0.717, 1.165) is 34.3 Å². The second-order valence-electron chi connectivity index (χ2n) is 4.96. The largest absolute Gasteiger partial charge is 0.496 e. The number of aryl methyl sites for hydroxylation is 1. The van der Waals surface area contributed by atoms with Gasteiger partial charge in [-0.3, -0.25) is 0 Å². The Hall–Kier alpha value is -2.26. The van der Waals surface area contributed by atoms with Crippen molar-refractivity contribution >= 4 is 10.8 Å².